The van der Waals surface area contributed by atoms with Crippen molar-refractivity contribution in [3.8, 4) is 11.5 Å². The molecule has 6 heteroatoms. The van der Waals surface area contributed by atoms with Crippen molar-refractivity contribution < 1.29 is 28.5 Å². The zero-order chi connectivity index (χ0) is 16.7. The molecule has 1 heterocycles. The molecular weight excluding hydrogens is 300 g/mol. The molecule has 6 nitrogen and oxygen atoms in total. The molecule has 0 N–H and O–H groups in total. The van der Waals surface area contributed by atoms with Crippen LogP contribution in [0.3, 0.4) is 0 Å². The molecule has 1 aliphatic rings. The number of hydrogen-bond donors (Lipinski definition) is 0. The lowest BCUT2D eigenvalue weighted by Gasteiger charge is -2.12. The summed E-state index contributed by atoms with van der Waals surface area (Å²) in [4.78, 5) is 23.7. The van der Waals surface area contributed by atoms with Crippen LogP contribution in [0.1, 0.15) is 25.8 Å². The third-order valence-corrected chi connectivity index (χ3v) is 3.22. The van der Waals surface area contributed by atoms with Gasteiger partial charge in [-0.05, 0) is 38.0 Å². The summed E-state index contributed by atoms with van der Waals surface area (Å²) >= 11 is 0. The molecule has 1 aliphatic heterocycles. The zero-order valence-electron chi connectivity index (χ0n) is 13.2. The second kappa shape index (κ2) is 8.22. The largest absolute Gasteiger partial charge is 0.465 e. The number of ether oxygens (including phenoxy) is 4. The summed E-state index contributed by atoms with van der Waals surface area (Å²) in [5, 5.41) is 0. The standard InChI is InChI=1S/C17H20O6/c1-3-20-16(18)13(17(19)21-4-2)7-5-6-12-8-9-14-15(10-12)23-11-22-14/h5-6,8-10,13H,3-4,7,11H2,1-2H3/b6-5+. The number of rotatable bonds is 7. The molecule has 0 atom stereocenters. The number of carbonyl (C=O) groups excluding carboxylic acids is 2. The highest BCUT2D eigenvalue weighted by Gasteiger charge is 2.28. The molecule has 0 unspecified atom stereocenters. The Hall–Kier alpha value is -2.50. The molecule has 0 saturated heterocycles. The van der Waals surface area contributed by atoms with Crippen LogP contribution >= 0.6 is 0 Å². The summed E-state index contributed by atoms with van der Waals surface area (Å²) < 4.78 is 20.4. The van der Waals surface area contributed by atoms with E-state index >= 15 is 0 Å². The fourth-order valence-corrected chi connectivity index (χ4v) is 2.13. The molecule has 124 valence electrons. The molecule has 0 aliphatic carbocycles. The molecular formula is C17H20O6. The molecule has 0 amide bonds. The van der Waals surface area contributed by atoms with Crippen LogP contribution in [0.5, 0.6) is 11.5 Å². The molecule has 23 heavy (non-hydrogen) atoms. The Morgan fingerprint density at radius 3 is 2.43 bits per heavy atom. The van der Waals surface area contributed by atoms with Crippen LogP contribution in [0, 0.1) is 5.92 Å². The van der Waals surface area contributed by atoms with Crippen molar-refractivity contribution in [3.05, 3.63) is 29.8 Å². The summed E-state index contributed by atoms with van der Waals surface area (Å²) in [6, 6.07) is 5.52. The van der Waals surface area contributed by atoms with Crippen molar-refractivity contribution in [1.82, 2.24) is 0 Å². The van der Waals surface area contributed by atoms with Crippen LogP contribution in [0.25, 0.3) is 6.08 Å². The first-order chi connectivity index (χ1) is 11.2. The van der Waals surface area contributed by atoms with Crippen LogP contribution in [0.4, 0.5) is 0 Å². The fraction of sp³-hybridized carbons (Fsp3) is 0.412. The third-order valence-electron chi connectivity index (χ3n) is 3.22. The second-order valence-electron chi connectivity index (χ2n) is 4.81. The Balaban J connectivity index is 2.01. The van der Waals surface area contributed by atoms with Crippen molar-refractivity contribution in [1.29, 1.82) is 0 Å². The predicted octanol–water partition coefficient (Wildman–Crippen LogP) is 2.56. The van der Waals surface area contributed by atoms with E-state index in [0.717, 1.165) is 5.56 Å². The van der Waals surface area contributed by atoms with Gasteiger partial charge in [-0.2, -0.15) is 0 Å². The molecule has 0 aromatic heterocycles. The van der Waals surface area contributed by atoms with Gasteiger partial charge in [-0.25, -0.2) is 0 Å². The Morgan fingerprint density at radius 1 is 1.13 bits per heavy atom. The molecule has 0 fully saturated rings. The topological polar surface area (TPSA) is 71.1 Å². The van der Waals surface area contributed by atoms with Crippen molar-refractivity contribution in [2.75, 3.05) is 20.0 Å². The minimum Gasteiger partial charge on any atom is -0.465 e. The number of esters is 2. The van der Waals surface area contributed by atoms with E-state index in [4.69, 9.17) is 18.9 Å². The summed E-state index contributed by atoms with van der Waals surface area (Å²) in [6.07, 6.45) is 3.77. The normalized spacial score (nSPS) is 12.7. The van der Waals surface area contributed by atoms with Gasteiger partial charge in [0, 0.05) is 0 Å². The third kappa shape index (κ3) is 4.48. The molecule has 1 aromatic rings. The van der Waals surface area contributed by atoms with Gasteiger partial charge in [-0.1, -0.05) is 18.2 Å². The van der Waals surface area contributed by atoms with Gasteiger partial charge in [-0.3, -0.25) is 9.59 Å². The number of benzene rings is 1. The molecule has 1 aromatic carbocycles. The lowest BCUT2D eigenvalue weighted by Crippen LogP contribution is -2.27. The number of hydrogen-bond acceptors (Lipinski definition) is 6. The number of allylic oxidation sites excluding steroid dienone is 1. The Bertz CT molecular complexity index is 575. The van der Waals surface area contributed by atoms with Crippen molar-refractivity contribution in [2.45, 2.75) is 20.3 Å². The summed E-state index contributed by atoms with van der Waals surface area (Å²) in [5.41, 5.74) is 0.890. The van der Waals surface area contributed by atoms with Crippen LogP contribution in [-0.4, -0.2) is 31.9 Å². The Kier molecular flexibility index (Phi) is 6.02. The quantitative estimate of drug-likeness (QED) is 0.568. The minimum atomic E-state index is -0.944. The summed E-state index contributed by atoms with van der Waals surface area (Å²) in [5.74, 6) is -0.694. The van der Waals surface area contributed by atoms with E-state index in [-0.39, 0.29) is 26.4 Å². The van der Waals surface area contributed by atoms with Gasteiger partial charge >= 0.3 is 11.9 Å². The van der Waals surface area contributed by atoms with Crippen molar-refractivity contribution in [2.24, 2.45) is 5.92 Å². The van der Waals surface area contributed by atoms with E-state index in [1.807, 2.05) is 24.3 Å². The first-order valence-corrected chi connectivity index (χ1v) is 7.55. The Labute approximate surface area is 135 Å². The van der Waals surface area contributed by atoms with Gasteiger partial charge in [0.25, 0.3) is 0 Å². The van der Waals surface area contributed by atoms with Gasteiger partial charge in [-0.15, -0.1) is 0 Å². The number of carbonyl (C=O) groups is 2. The predicted molar refractivity (Wildman–Crippen MR) is 83.0 cm³/mol. The highest BCUT2D eigenvalue weighted by Crippen LogP contribution is 2.32. The smallest absolute Gasteiger partial charge is 0.320 e. The van der Waals surface area contributed by atoms with Crippen LogP contribution in [-0.2, 0) is 19.1 Å². The van der Waals surface area contributed by atoms with Crippen molar-refractivity contribution in [3.63, 3.8) is 0 Å². The van der Waals surface area contributed by atoms with E-state index in [2.05, 4.69) is 0 Å². The Morgan fingerprint density at radius 2 is 1.78 bits per heavy atom. The molecule has 0 bridgehead atoms. The molecule has 0 radical (unpaired) electrons. The maximum Gasteiger partial charge on any atom is 0.320 e. The van der Waals surface area contributed by atoms with Gasteiger partial charge < -0.3 is 18.9 Å². The molecule has 2 rings (SSSR count). The minimum absolute atomic E-state index is 0.214. The van der Waals surface area contributed by atoms with E-state index in [0.29, 0.717) is 11.5 Å². The zero-order valence-corrected chi connectivity index (χ0v) is 13.2. The van der Waals surface area contributed by atoms with Gasteiger partial charge in [0.1, 0.15) is 0 Å². The first-order valence-electron chi connectivity index (χ1n) is 7.55. The van der Waals surface area contributed by atoms with E-state index < -0.39 is 17.9 Å². The highest BCUT2D eigenvalue weighted by molar-refractivity contribution is 5.95. The van der Waals surface area contributed by atoms with E-state index in [1.54, 1.807) is 19.9 Å². The summed E-state index contributed by atoms with van der Waals surface area (Å²) in [7, 11) is 0. The average molecular weight is 320 g/mol. The van der Waals surface area contributed by atoms with Crippen molar-refractivity contribution >= 4 is 18.0 Å². The first kappa shape index (κ1) is 16.9. The van der Waals surface area contributed by atoms with Crippen LogP contribution in [0.2, 0.25) is 0 Å². The molecule has 0 spiro atoms. The second-order valence-corrected chi connectivity index (χ2v) is 4.81. The fourth-order valence-electron chi connectivity index (χ4n) is 2.13. The summed E-state index contributed by atoms with van der Waals surface area (Å²) in [6.45, 7) is 4.06. The maximum atomic E-state index is 11.9. The van der Waals surface area contributed by atoms with Gasteiger partial charge in [0.05, 0.1) is 13.2 Å². The van der Waals surface area contributed by atoms with Crippen LogP contribution in [0.15, 0.2) is 24.3 Å². The monoisotopic (exact) mass is 320 g/mol. The van der Waals surface area contributed by atoms with E-state index in [9.17, 15) is 9.59 Å². The molecule has 0 saturated carbocycles. The van der Waals surface area contributed by atoms with Gasteiger partial charge in [0.2, 0.25) is 6.79 Å². The number of fused-ring (bicyclic) bond motifs is 1. The lowest BCUT2D eigenvalue weighted by molar-refractivity contribution is -0.161. The highest BCUT2D eigenvalue weighted by atomic mass is 16.7. The SMILES string of the molecule is CCOC(=O)C(C/C=C/c1ccc2c(c1)OCO2)C(=O)OCC. The maximum absolute atomic E-state index is 11.9. The van der Waals surface area contributed by atoms with E-state index in [1.165, 1.54) is 0 Å². The van der Waals surface area contributed by atoms with Crippen LogP contribution < -0.4 is 9.47 Å². The lowest BCUT2D eigenvalue weighted by atomic mass is 10.0. The van der Waals surface area contributed by atoms with Gasteiger partial charge in [0.15, 0.2) is 17.4 Å². The average Bonchev–Trinajstić information content (AvgIpc) is 2.99.